The van der Waals surface area contributed by atoms with Gasteiger partial charge in [0.15, 0.2) is 0 Å². The van der Waals surface area contributed by atoms with E-state index in [1.165, 1.54) is 6.26 Å². The zero-order valence-electron chi connectivity index (χ0n) is 11.3. The van der Waals surface area contributed by atoms with Crippen molar-refractivity contribution < 1.29 is 8.42 Å². The van der Waals surface area contributed by atoms with Crippen LogP contribution in [0.4, 0.5) is 0 Å². The van der Waals surface area contributed by atoms with Gasteiger partial charge in [0.25, 0.3) is 0 Å². The maximum Gasteiger partial charge on any atom is 0.148 e. The molecule has 106 valence electrons. The Morgan fingerprint density at radius 1 is 1.37 bits per heavy atom. The fraction of sp³-hybridized carbons (Fsp3) is 0.462. The van der Waals surface area contributed by atoms with Gasteiger partial charge in [-0.05, 0) is 12.6 Å². The highest BCUT2D eigenvalue weighted by molar-refractivity contribution is 7.90. The maximum atomic E-state index is 11.1. The summed E-state index contributed by atoms with van der Waals surface area (Å²) >= 11 is 0. The van der Waals surface area contributed by atoms with Crippen molar-refractivity contribution in [2.24, 2.45) is 5.73 Å². The number of benzene rings is 1. The van der Waals surface area contributed by atoms with E-state index < -0.39 is 9.84 Å². The third kappa shape index (κ3) is 5.85. The molecule has 0 amide bonds. The second-order valence-electron chi connectivity index (χ2n) is 4.81. The van der Waals surface area contributed by atoms with Crippen LogP contribution in [0.5, 0.6) is 0 Å². The number of nitrogens with one attached hydrogen (secondary N) is 1. The second-order valence-corrected chi connectivity index (χ2v) is 7.07. The summed E-state index contributed by atoms with van der Waals surface area (Å²) in [7, 11) is -1.13. The lowest BCUT2D eigenvalue weighted by atomic mass is 9.97. The normalized spacial score (nSPS) is 13.4. The van der Waals surface area contributed by atoms with Crippen molar-refractivity contribution in [3.63, 3.8) is 0 Å². The molecule has 1 rings (SSSR count). The van der Waals surface area contributed by atoms with Gasteiger partial charge in [0.2, 0.25) is 0 Å². The Labute approximate surface area is 114 Å². The zero-order valence-corrected chi connectivity index (χ0v) is 12.2. The lowest BCUT2D eigenvalue weighted by molar-refractivity contribution is 0.348. The highest BCUT2D eigenvalue weighted by atomic mass is 32.2. The van der Waals surface area contributed by atoms with Crippen LogP contribution in [0, 0.1) is 5.41 Å². The first-order valence-corrected chi connectivity index (χ1v) is 8.11. The van der Waals surface area contributed by atoms with Crippen molar-refractivity contribution in [1.82, 2.24) is 4.90 Å². The largest absolute Gasteiger partial charge is 0.387 e. The summed E-state index contributed by atoms with van der Waals surface area (Å²) in [6.07, 6.45) is 1.22. The number of nitrogens with two attached hydrogens (primary N) is 1. The molecule has 5 nitrogen and oxygen atoms in total. The summed E-state index contributed by atoms with van der Waals surface area (Å²) in [6, 6.07) is 9.57. The number of hydrogen-bond acceptors (Lipinski definition) is 4. The van der Waals surface area contributed by atoms with Crippen LogP contribution in [-0.2, 0) is 9.84 Å². The van der Waals surface area contributed by atoms with Crippen LogP contribution in [0.2, 0.25) is 0 Å². The molecular weight excluding hydrogens is 262 g/mol. The van der Waals surface area contributed by atoms with E-state index in [-0.39, 0.29) is 17.5 Å². The number of likely N-dealkylation sites (N-methyl/N-ethyl adjacent to an activating group) is 1. The molecule has 6 heteroatoms. The van der Waals surface area contributed by atoms with E-state index >= 15 is 0 Å². The molecule has 0 spiro atoms. The van der Waals surface area contributed by atoms with Crippen LogP contribution in [0.3, 0.4) is 0 Å². The molecule has 0 fully saturated rings. The van der Waals surface area contributed by atoms with Crippen molar-refractivity contribution in [1.29, 1.82) is 5.41 Å². The topological polar surface area (TPSA) is 87.2 Å². The fourth-order valence-corrected chi connectivity index (χ4v) is 2.44. The molecule has 0 aliphatic heterocycles. The minimum Gasteiger partial charge on any atom is -0.387 e. The number of hydrogen-bond donors (Lipinski definition) is 2. The number of sulfone groups is 1. The molecule has 0 bridgehead atoms. The molecule has 1 unspecified atom stereocenters. The van der Waals surface area contributed by atoms with E-state index in [4.69, 9.17) is 11.1 Å². The molecule has 1 atom stereocenters. The Hall–Kier alpha value is -1.40. The quantitative estimate of drug-likeness (QED) is 0.569. The summed E-state index contributed by atoms with van der Waals surface area (Å²) in [5, 5.41) is 7.67. The van der Waals surface area contributed by atoms with Crippen molar-refractivity contribution in [3.05, 3.63) is 35.9 Å². The van der Waals surface area contributed by atoms with Gasteiger partial charge in [-0.3, -0.25) is 5.41 Å². The van der Waals surface area contributed by atoms with Crippen LogP contribution in [0.15, 0.2) is 30.3 Å². The summed E-state index contributed by atoms with van der Waals surface area (Å²) in [6.45, 7) is 0.977. The lowest BCUT2D eigenvalue weighted by Gasteiger charge is -2.23. The Morgan fingerprint density at radius 3 is 2.42 bits per heavy atom. The monoisotopic (exact) mass is 283 g/mol. The minimum absolute atomic E-state index is 0.0948. The van der Waals surface area contributed by atoms with Crippen molar-refractivity contribution in [3.8, 4) is 0 Å². The average Bonchev–Trinajstić information content (AvgIpc) is 2.33. The SMILES string of the molecule is CN(CCS(C)(=O)=O)CC(C(=N)N)c1ccccc1. The van der Waals surface area contributed by atoms with E-state index in [2.05, 4.69) is 0 Å². The van der Waals surface area contributed by atoms with Gasteiger partial charge < -0.3 is 10.6 Å². The van der Waals surface area contributed by atoms with Gasteiger partial charge in [0, 0.05) is 19.3 Å². The van der Waals surface area contributed by atoms with Gasteiger partial charge in [-0.25, -0.2) is 8.42 Å². The standard InChI is InChI=1S/C13H21N3O2S/c1-16(8-9-19(2,17)18)10-12(13(14)15)11-6-4-3-5-7-11/h3-7,12H,8-10H2,1-2H3,(H3,14,15). The molecule has 3 N–H and O–H groups in total. The van der Waals surface area contributed by atoms with Crippen molar-refractivity contribution >= 4 is 15.7 Å². The molecule has 0 heterocycles. The van der Waals surface area contributed by atoms with E-state index in [1.807, 2.05) is 42.3 Å². The summed E-state index contributed by atoms with van der Waals surface area (Å²) in [5.41, 5.74) is 6.61. The lowest BCUT2D eigenvalue weighted by Crippen LogP contribution is -2.34. The predicted molar refractivity (Wildman–Crippen MR) is 78.3 cm³/mol. The maximum absolute atomic E-state index is 11.1. The van der Waals surface area contributed by atoms with Gasteiger partial charge in [0.1, 0.15) is 9.84 Å². The molecule has 0 aromatic heterocycles. The third-order valence-electron chi connectivity index (χ3n) is 2.92. The third-order valence-corrected chi connectivity index (χ3v) is 3.84. The second kappa shape index (κ2) is 6.68. The summed E-state index contributed by atoms with van der Waals surface area (Å²) in [5.74, 6) is 0.00582. The predicted octanol–water partition coefficient (Wildman–Crippen LogP) is 0.683. The molecular formula is C13H21N3O2S. The first-order valence-electron chi connectivity index (χ1n) is 6.04. The molecule has 19 heavy (non-hydrogen) atoms. The van der Waals surface area contributed by atoms with Crippen molar-refractivity contribution in [2.45, 2.75) is 5.92 Å². The first-order chi connectivity index (χ1) is 8.79. The van der Waals surface area contributed by atoms with Crippen LogP contribution < -0.4 is 5.73 Å². The minimum atomic E-state index is -2.97. The molecule has 1 aromatic rings. The first kappa shape index (κ1) is 15.7. The average molecular weight is 283 g/mol. The van der Waals surface area contributed by atoms with Crippen molar-refractivity contribution in [2.75, 3.05) is 32.1 Å². The number of rotatable bonds is 7. The van der Waals surface area contributed by atoms with Crippen LogP contribution in [0.25, 0.3) is 0 Å². The van der Waals surface area contributed by atoms with Crippen LogP contribution >= 0.6 is 0 Å². The van der Waals surface area contributed by atoms with E-state index in [0.29, 0.717) is 13.1 Å². The smallest absolute Gasteiger partial charge is 0.148 e. The molecule has 0 aliphatic rings. The molecule has 0 radical (unpaired) electrons. The summed E-state index contributed by atoms with van der Waals surface area (Å²) < 4.78 is 22.3. The Bertz CT molecular complexity index is 514. The van der Waals surface area contributed by atoms with E-state index in [9.17, 15) is 8.42 Å². The molecule has 0 aliphatic carbocycles. The Balaban J connectivity index is 2.67. The highest BCUT2D eigenvalue weighted by Crippen LogP contribution is 2.16. The zero-order chi connectivity index (χ0) is 14.5. The van der Waals surface area contributed by atoms with Gasteiger partial charge in [-0.2, -0.15) is 0 Å². The van der Waals surface area contributed by atoms with Gasteiger partial charge >= 0.3 is 0 Å². The number of nitrogens with zero attached hydrogens (tertiary/aromatic N) is 1. The number of amidine groups is 1. The van der Waals surface area contributed by atoms with Crippen LogP contribution in [0.1, 0.15) is 11.5 Å². The highest BCUT2D eigenvalue weighted by Gasteiger charge is 2.17. The Morgan fingerprint density at radius 2 is 1.95 bits per heavy atom. The molecule has 0 saturated carbocycles. The summed E-state index contributed by atoms with van der Waals surface area (Å²) in [4.78, 5) is 1.89. The fourth-order valence-electron chi connectivity index (χ4n) is 1.79. The Kier molecular flexibility index (Phi) is 5.50. The molecule has 0 saturated heterocycles. The van der Waals surface area contributed by atoms with Gasteiger partial charge in [-0.15, -0.1) is 0 Å². The van der Waals surface area contributed by atoms with Gasteiger partial charge in [0.05, 0.1) is 17.5 Å². The van der Waals surface area contributed by atoms with E-state index in [0.717, 1.165) is 5.56 Å². The molecule has 1 aromatic carbocycles. The van der Waals surface area contributed by atoms with Gasteiger partial charge in [-0.1, -0.05) is 30.3 Å². The van der Waals surface area contributed by atoms with Crippen LogP contribution in [-0.4, -0.2) is 51.3 Å². The van der Waals surface area contributed by atoms with E-state index in [1.54, 1.807) is 0 Å².